The van der Waals surface area contributed by atoms with Gasteiger partial charge in [-0.25, -0.2) is 0 Å². The van der Waals surface area contributed by atoms with E-state index in [2.05, 4.69) is 4.74 Å². The Morgan fingerprint density at radius 3 is 2.86 bits per heavy atom. The average molecular weight is 298 g/mol. The molecule has 2 N–H and O–H groups in total. The molecule has 0 spiro atoms. The molecule has 0 amide bonds. The molecule has 0 aliphatic heterocycles. The fourth-order valence-corrected chi connectivity index (χ4v) is 2.42. The van der Waals surface area contributed by atoms with Gasteiger partial charge < -0.3 is 15.2 Å². The number of esters is 1. The Balaban J connectivity index is 2.05. The summed E-state index contributed by atoms with van der Waals surface area (Å²) in [6.07, 6.45) is 0.803. The van der Waals surface area contributed by atoms with Gasteiger partial charge in [-0.1, -0.05) is 0 Å². The smallest absolute Gasteiger partial charge is 0.325 e. The summed E-state index contributed by atoms with van der Waals surface area (Å²) in [5, 5.41) is 10.5. The molecule has 0 bridgehead atoms. The van der Waals surface area contributed by atoms with Crippen LogP contribution in [-0.4, -0.2) is 29.6 Å². The van der Waals surface area contributed by atoms with E-state index in [0.29, 0.717) is 12.8 Å². The number of hydrogen-bond donors (Lipinski definition) is 1. The van der Waals surface area contributed by atoms with Gasteiger partial charge in [-0.2, -0.15) is 4.39 Å². The van der Waals surface area contributed by atoms with Crippen molar-refractivity contribution in [2.24, 2.45) is 5.73 Å². The fraction of sp³-hybridized carbons (Fsp3) is 0.462. The van der Waals surface area contributed by atoms with Gasteiger partial charge in [0.15, 0.2) is 0 Å². The highest BCUT2D eigenvalue weighted by Gasteiger charge is 2.44. The number of benzene rings is 1. The number of carbonyl (C=O) groups is 1. The number of nitrogens with zero attached hydrogens (tertiary/aromatic N) is 1. The van der Waals surface area contributed by atoms with E-state index in [0.717, 1.165) is 12.1 Å². The lowest BCUT2D eigenvalue weighted by Gasteiger charge is -2.20. The molecule has 0 saturated heterocycles. The molecule has 7 nitrogen and oxygen atoms in total. The van der Waals surface area contributed by atoms with Crippen LogP contribution in [0.1, 0.15) is 19.3 Å². The normalized spacial score (nSPS) is 24.6. The maximum Gasteiger partial charge on any atom is 0.325 e. The zero-order valence-corrected chi connectivity index (χ0v) is 11.4. The van der Waals surface area contributed by atoms with Crippen molar-refractivity contribution in [3.8, 4) is 5.75 Å². The summed E-state index contributed by atoms with van der Waals surface area (Å²) >= 11 is 0. The number of nitro groups is 1. The van der Waals surface area contributed by atoms with Gasteiger partial charge in [0.05, 0.1) is 12.0 Å². The Morgan fingerprint density at radius 2 is 2.29 bits per heavy atom. The number of carbonyl (C=O) groups excluding carboxylic acids is 1. The number of halogens is 1. The molecule has 114 valence electrons. The minimum absolute atomic E-state index is 0.164. The van der Waals surface area contributed by atoms with Gasteiger partial charge in [0, 0.05) is 18.6 Å². The molecular formula is C13H15FN2O5. The number of nitrogens with two attached hydrogens (primary N) is 1. The van der Waals surface area contributed by atoms with E-state index in [1.54, 1.807) is 0 Å². The summed E-state index contributed by atoms with van der Waals surface area (Å²) < 4.78 is 23.7. The van der Waals surface area contributed by atoms with Crippen LogP contribution in [0.25, 0.3) is 0 Å². The van der Waals surface area contributed by atoms with Gasteiger partial charge >= 0.3 is 11.7 Å². The predicted octanol–water partition coefficient (Wildman–Crippen LogP) is 1.54. The zero-order valence-electron chi connectivity index (χ0n) is 11.4. The Bertz CT molecular complexity index is 580. The topological polar surface area (TPSA) is 105 Å². The third kappa shape index (κ3) is 3.10. The van der Waals surface area contributed by atoms with E-state index < -0.39 is 27.9 Å². The van der Waals surface area contributed by atoms with Gasteiger partial charge in [-0.3, -0.25) is 14.9 Å². The van der Waals surface area contributed by atoms with Crippen LogP contribution in [0.3, 0.4) is 0 Å². The van der Waals surface area contributed by atoms with Crippen LogP contribution in [0.2, 0.25) is 0 Å². The van der Waals surface area contributed by atoms with Gasteiger partial charge in [0.25, 0.3) is 0 Å². The zero-order chi connectivity index (χ0) is 15.6. The molecule has 0 heterocycles. The van der Waals surface area contributed by atoms with Crippen LogP contribution in [0.5, 0.6) is 5.75 Å². The molecule has 0 radical (unpaired) electrons. The minimum Gasteiger partial charge on any atom is -0.490 e. The van der Waals surface area contributed by atoms with Crippen LogP contribution in [0.4, 0.5) is 10.1 Å². The van der Waals surface area contributed by atoms with Crippen molar-refractivity contribution in [2.75, 3.05) is 7.11 Å². The number of hydrogen-bond acceptors (Lipinski definition) is 6. The monoisotopic (exact) mass is 298 g/mol. The highest BCUT2D eigenvalue weighted by molar-refractivity contribution is 5.80. The highest BCUT2D eigenvalue weighted by Crippen LogP contribution is 2.32. The standard InChI is InChI=1S/C13H15FN2O5/c1-20-12(17)13(15)5-4-9(7-13)21-8-2-3-11(16(18)19)10(14)6-8/h2-3,6,9H,4-5,7,15H2,1H3. The maximum absolute atomic E-state index is 13.5. The lowest BCUT2D eigenvalue weighted by atomic mass is 10.00. The molecule has 1 aliphatic rings. The number of methoxy groups -OCH3 is 1. The van der Waals surface area contributed by atoms with Crippen molar-refractivity contribution < 1.29 is 23.6 Å². The first-order valence-electron chi connectivity index (χ1n) is 6.33. The summed E-state index contributed by atoms with van der Waals surface area (Å²) in [4.78, 5) is 21.3. The van der Waals surface area contributed by atoms with Crippen molar-refractivity contribution in [3.63, 3.8) is 0 Å². The van der Waals surface area contributed by atoms with E-state index in [1.807, 2.05) is 0 Å². The van der Waals surface area contributed by atoms with Crippen LogP contribution < -0.4 is 10.5 Å². The third-order valence-electron chi connectivity index (χ3n) is 3.51. The second-order valence-corrected chi connectivity index (χ2v) is 5.00. The van der Waals surface area contributed by atoms with Crippen LogP contribution in [-0.2, 0) is 9.53 Å². The second kappa shape index (κ2) is 5.65. The van der Waals surface area contributed by atoms with Crippen molar-refractivity contribution in [2.45, 2.75) is 30.9 Å². The molecule has 1 fully saturated rings. The summed E-state index contributed by atoms with van der Waals surface area (Å²) in [6, 6.07) is 3.30. The fourth-order valence-electron chi connectivity index (χ4n) is 2.42. The largest absolute Gasteiger partial charge is 0.490 e. The third-order valence-corrected chi connectivity index (χ3v) is 3.51. The number of ether oxygens (including phenoxy) is 2. The molecule has 2 atom stereocenters. The molecule has 0 aromatic heterocycles. The van der Waals surface area contributed by atoms with Crippen LogP contribution in [0.15, 0.2) is 18.2 Å². The first-order chi connectivity index (χ1) is 9.85. The molecular weight excluding hydrogens is 283 g/mol. The average Bonchev–Trinajstić information content (AvgIpc) is 2.80. The number of rotatable bonds is 4. The van der Waals surface area contributed by atoms with Gasteiger partial charge in [-0.15, -0.1) is 0 Å². The number of nitro benzene ring substituents is 1. The van der Waals surface area contributed by atoms with Gasteiger partial charge in [0.2, 0.25) is 5.82 Å². The van der Waals surface area contributed by atoms with Crippen LogP contribution >= 0.6 is 0 Å². The molecule has 1 aliphatic carbocycles. The molecule has 21 heavy (non-hydrogen) atoms. The van der Waals surface area contributed by atoms with Gasteiger partial charge in [0.1, 0.15) is 17.4 Å². The SMILES string of the molecule is COC(=O)C1(N)CCC(Oc2ccc([N+](=O)[O-])c(F)c2)C1. The van der Waals surface area contributed by atoms with Crippen molar-refractivity contribution >= 4 is 11.7 Å². The minimum atomic E-state index is -1.10. The predicted molar refractivity (Wildman–Crippen MR) is 70.3 cm³/mol. The summed E-state index contributed by atoms with van der Waals surface area (Å²) in [5.74, 6) is -1.32. The Labute approximate surface area is 120 Å². The molecule has 2 rings (SSSR count). The van der Waals surface area contributed by atoms with Crippen molar-refractivity contribution in [3.05, 3.63) is 34.1 Å². The molecule has 2 unspecified atom stereocenters. The van der Waals surface area contributed by atoms with E-state index in [4.69, 9.17) is 10.5 Å². The van der Waals surface area contributed by atoms with E-state index >= 15 is 0 Å². The molecule has 1 aromatic rings. The second-order valence-electron chi connectivity index (χ2n) is 5.00. The first kappa shape index (κ1) is 15.2. The summed E-state index contributed by atoms with van der Waals surface area (Å²) in [7, 11) is 1.26. The van der Waals surface area contributed by atoms with Crippen molar-refractivity contribution in [1.82, 2.24) is 0 Å². The molecule has 8 heteroatoms. The molecule has 1 saturated carbocycles. The van der Waals surface area contributed by atoms with E-state index in [-0.39, 0.29) is 18.3 Å². The quantitative estimate of drug-likeness (QED) is 0.513. The van der Waals surface area contributed by atoms with Crippen LogP contribution in [0, 0.1) is 15.9 Å². The highest BCUT2D eigenvalue weighted by atomic mass is 19.1. The Morgan fingerprint density at radius 1 is 1.57 bits per heavy atom. The first-order valence-corrected chi connectivity index (χ1v) is 6.33. The molecule has 1 aromatic carbocycles. The Kier molecular flexibility index (Phi) is 4.08. The maximum atomic E-state index is 13.5. The lowest BCUT2D eigenvalue weighted by Crippen LogP contribution is -2.47. The lowest BCUT2D eigenvalue weighted by molar-refractivity contribution is -0.387. The van der Waals surface area contributed by atoms with E-state index in [1.165, 1.54) is 13.2 Å². The summed E-state index contributed by atoms with van der Waals surface area (Å²) in [6.45, 7) is 0. The van der Waals surface area contributed by atoms with E-state index in [9.17, 15) is 19.3 Å². The summed E-state index contributed by atoms with van der Waals surface area (Å²) in [5.41, 5.74) is 4.22. The Hall–Kier alpha value is -2.22. The van der Waals surface area contributed by atoms with Crippen molar-refractivity contribution in [1.29, 1.82) is 0 Å². The van der Waals surface area contributed by atoms with Gasteiger partial charge in [-0.05, 0) is 18.9 Å².